The zero-order valence-corrected chi connectivity index (χ0v) is 15.9. The number of hydrogen-bond acceptors (Lipinski definition) is 3. The minimum absolute atomic E-state index is 0.117. The maximum absolute atomic E-state index is 12.5. The van der Waals surface area contributed by atoms with E-state index in [-0.39, 0.29) is 17.9 Å². The summed E-state index contributed by atoms with van der Waals surface area (Å²) in [6.07, 6.45) is 3.58. The van der Waals surface area contributed by atoms with Crippen molar-refractivity contribution < 1.29 is 4.79 Å². The van der Waals surface area contributed by atoms with Crippen LogP contribution in [-0.2, 0) is 16.8 Å². The number of nitrogens with one attached hydrogen (secondary N) is 1. The summed E-state index contributed by atoms with van der Waals surface area (Å²) in [4.78, 5) is 12.5. The Kier molecular flexibility index (Phi) is 4.68. The quantitative estimate of drug-likeness (QED) is 0.781. The number of rotatable bonds is 4. The van der Waals surface area contributed by atoms with Gasteiger partial charge in [0.15, 0.2) is 0 Å². The van der Waals surface area contributed by atoms with E-state index in [9.17, 15) is 4.79 Å². The molecule has 3 aromatic rings. The number of aryl methyl sites for hydroxylation is 2. The SMILES string of the molecule is Cc1cccc(-n2nc(C(C)(C)C)cc2NC(=O)Cn2cc(C)cn2)c1. The molecule has 3 rings (SSSR count). The second-order valence-corrected chi connectivity index (χ2v) is 7.68. The second-order valence-electron chi connectivity index (χ2n) is 7.68. The average Bonchev–Trinajstić information content (AvgIpc) is 3.13. The molecule has 1 amide bonds. The number of carbonyl (C=O) groups is 1. The number of benzene rings is 1. The topological polar surface area (TPSA) is 64.7 Å². The summed E-state index contributed by atoms with van der Waals surface area (Å²) in [5, 5.41) is 11.9. The fourth-order valence-corrected chi connectivity index (χ4v) is 2.68. The molecule has 26 heavy (non-hydrogen) atoms. The molecule has 2 heterocycles. The van der Waals surface area contributed by atoms with Gasteiger partial charge in [-0.2, -0.15) is 10.2 Å². The van der Waals surface area contributed by atoms with Gasteiger partial charge in [-0.3, -0.25) is 9.48 Å². The van der Waals surface area contributed by atoms with Crippen LogP contribution in [-0.4, -0.2) is 25.5 Å². The van der Waals surface area contributed by atoms with Crippen LogP contribution in [0.4, 0.5) is 5.82 Å². The number of hydrogen-bond donors (Lipinski definition) is 1. The summed E-state index contributed by atoms with van der Waals surface area (Å²) in [7, 11) is 0. The molecule has 0 saturated carbocycles. The lowest BCUT2D eigenvalue weighted by Gasteiger charge is -2.14. The van der Waals surface area contributed by atoms with Crippen LogP contribution in [0, 0.1) is 13.8 Å². The Balaban J connectivity index is 1.91. The molecule has 136 valence electrons. The third-order valence-corrected chi connectivity index (χ3v) is 4.06. The van der Waals surface area contributed by atoms with Crippen molar-refractivity contribution in [3.63, 3.8) is 0 Å². The van der Waals surface area contributed by atoms with E-state index >= 15 is 0 Å². The Morgan fingerprint density at radius 2 is 1.92 bits per heavy atom. The molecule has 1 aromatic carbocycles. The molecule has 0 radical (unpaired) electrons. The van der Waals surface area contributed by atoms with E-state index in [1.165, 1.54) is 0 Å². The van der Waals surface area contributed by atoms with Gasteiger partial charge >= 0.3 is 0 Å². The zero-order valence-electron chi connectivity index (χ0n) is 15.9. The van der Waals surface area contributed by atoms with Crippen molar-refractivity contribution in [3.05, 3.63) is 59.5 Å². The summed E-state index contributed by atoms with van der Waals surface area (Å²) in [5.41, 5.74) is 3.89. The molecule has 0 aliphatic rings. The van der Waals surface area contributed by atoms with E-state index in [4.69, 9.17) is 5.10 Å². The van der Waals surface area contributed by atoms with Crippen LogP contribution >= 0.6 is 0 Å². The monoisotopic (exact) mass is 351 g/mol. The Labute approximate surface area is 153 Å². The molecule has 6 heteroatoms. The molecule has 0 aliphatic carbocycles. The summed E-state index contributed by atoms with van der Waals surface area (Å²) >= 11 is 0. The molecule has 6 nitrogen and oxygen atoms in total. The van der Waals surface area contributed by atoms with Gasteiger partial charge < -0.3 is 5.32 Å². The molecule has 0 atom stereocenters. The smallest absolute Gasteiger partial charge is 0.247 e. The number of carbonyl (C=O) groups excluding carboxylic acids is 1. The van der Waals surface area contributed by atoms with Crippen molar-refractivity contribution in [3.8, 4) is 5.69 Å². The molecular formula is C20H25N5O. The predicted octanol–water partition coefficient (Wildman–Crippen LogP) is 3.62. The summed E-state index contributed by atoms with van der Waals surface area (Å²) in [6, 6.07) is 10.00. The van der Waals surface area contributed by atoms with Crippen LogP contribution in [0.25, 0.3) is 5.69 Å². The lowest BCUT2D eigenvalue weighted by molar-refractivity contribution is -0.116. The first-order valence-corrected chi connectivity index (χ1v) is 8.69. The first-order valence-electron chi connectivity index (χ1n) is 8.69. The zero-order chi connectivity index (χ0) is 18.9. The van der Waals surface area contributed by atoms with Gasteiger partial charge in [-0.05, 0) is 37.1 Å². The van der Waals surface area contributed by atoms with Crippen molar-refractivity contribution in [2.45, 2.75) is 46.6 Å². The maximum Gasteiger partial charge on any atom is 0.247 e. The number of aromatic nitrogens is 4. The van der Waals surface area contributed by atoms with Crippen molar-refractivity contribution in [1.82, 2.24) is 19.6 Å². The van der Waals surface area contributed by atoms with Crippen LogP contribution in [0.2, 0.25) is 0 Å². The Morgan fingerprint density at radius 3 is 2.54 bits per heavy atom. The Morgan fingerprint density at radius 1 is 1.15 bits per heavy atom. The van der Waals surface area contributed by atoms with Crippen LogP contribution < -0.4 is 5.32 Å². The van der Waals surface area contributed by atoms with Gasteiger partial charge in [0, 0.05) is 17.7 Å². The van der Waals surface area contributed by atoms with Crippen molar-refractivity contribution in [2.24, 2.45) is 0 Å². The minimum atomic E-state index is -0.137. The standard InChI is InChI=1S/C20H25N5O/c1-14-7-6-8-16(9-14)25-18(10-17(23-25)20(3,4)5)22-19(26)13-24-12-15(2)11-21-24/h6-12H,13H2,1-5H3,(H,22,26). The van der Waals surface area contributed by atoms with Gasteiger partial charge in [0.1, 0.15) is 12.4 Å². The fourth-order valence-electron chi connectivity index (χ4n) is 2.68. The van der Waals surface area contributed by atoms with Gasteiger partial charge in [-0.1, -0.05) is 32.9 Å². The highest BCUT2D eigenvalue weighted by Gasteiger charge is 2.21. The normalized spacial score (nSPS) is 11.6. The van der Waals surface area contributed by atoms with Crippen molar-refractivity contribution in [2.75, 3.05) is 5.32 Å². The molecule has 0 unspecified atom stereocenters. The van der Waals surface area contributed by atoms with Gasteiger partial charge in [0.2, 0.25) is 5.91 Å². The lowest BCUT2D eigenvalue weighted by atomic mass is 9.92. The third-order valence-electron chi connectivity index (χ3n) is 4.06. The molecule has 0 fully saturated rings. The molecule has 0 saturated heterocycles. The van der Waals surface area contributed by atoms with Crippen LogP contribution in [0.5, 0.6) is 0 Å². The van der Waals surface area contributed by atoms with Gasteiger partial charge in [-0.15, -0.1) is 0 Å². The van der Waals surface area contributed by atoms with E-state index in [2.05, 4.69) is 31.2 Å². The minimum Gasteiger partial charge on any atom is -0.309 e. The van der Waals surface area contributed by atoms with E-state index < -0.39 is 0 Å². The highest BCUT2D eigenvalue weighted by molar-refractivity contribution is 5.90. The summed E-state index contributed by atoms with van der Waals surface area (Å²) in [5.74, 6) is 0.525. The van der Waals surface area contributed by atoms with E-state index in [1.54, 1.807) is 15.6 Å². The largest absolute Gasteiger partial charge is 0.309 e. The second kappa shape index (κ2) is 6.78. The first kappa shape index (κ1) is 17.9. The lowest BCUT2D eigenvalue weighted by Crippen LogP contribution is -2.20. The molecule has 0 spiro atoms. The van der Waals surface area contributed by atoms with Crippen LogP contribution in [0.15, 0.2) is 42.7 Å². The Bertz CT molecular complexity index is 930. The summed E-state index contributed by atoms with van der Waals surface area (Å²) in [6.45, 7) is 10.5. The van der Waals surface area contributed by atoms with Crippen molar-refractivity contribution in [1.29, 1.82) is 0 Å². The molecule has 1 N–H and O–H groups in total. The van der Waals surface area contributed by atoms with Gasteiger partial charge in [0.05, 0.1) is 17.6 Å². The maximum atomic E-state index is 12.5. The van der Waals surface area contributed by atoms with E-state index in [0.717, 1.165) is 22.5 Å². The number of anilines is 1. The van der Waals surface area contributed by atoms with Crippen LogP contribution in [0.3, 0.4) is 0 Å². The van der Waals surface area contributed by atoms with Gasteiger partial charge in [0.25, 0.3) is 0 Å². The molecular weight excluding hydrogens is 326 g/mol. The van der Waals surface area contributed by atoms with Gasteiger partial charge in [-0.25, -0.2) is 4.68 Å². The number of amides is 1. The van der Waals surface area contributed by atoms with E-state index in [1.807, 2.05) is 50.4 Å². The van der Waals surface area contributed by atoms with Crippen LogP contribution in [0.1, 0.15) is 37.6 Å². The highest BCUT2D eigenvalue weighted by atomic mass is 16.2. The fraction of sp³-hybridized carbons (Fsp3) is 0.350. The average molecular weight is 351 g/mol. The molecule has 2 aromatic heterocycles. The number of nitrogens with zero attached hydrogens (tertiary/aromatic N) is 4. The van der Waals surface area contributed by atoms with E-state index in [0.29, 0.717) is 5.82 Å². The van der Waals surface area contributed by atoms with Crippen molar-refractivity contribution >= 4 is 11.7 Å². The Hall–Kier alpha value is -2.89. The highest BCUT2D eigenvalue weighted by Crippen LogP contribution is 2.26. The molecule has 0 bridgehead atoms. The first-order chi connectivity index (χ1) is 12.2. The third kappa shape index (κ3) is 4.02. The predicted molar refractivity (Wildman–Crippen MR) is 103 cm³/mol. The molecule has 0 aliphatic heterocycles. The summed E-state index contributed by atoms with van der Waals surface area (Å²) < 4.78 is 3.42.